The number of aliphatic imine (C=N–C) groups is 1. The van der Waals surface area contributed by atoms with Crippen molar-refractivity contribution in [1.82, 2.24) is 5.32 Å². The minimum atomic E-state index is -5.34. The number of benzene rings is 1. The van der Waals surface area contributed by atoms with Crippen molar-refractivity contribution in [2.24, 2.45) is 16.6 Å². The molecule has 0 aliphatic heterocycles. The lowest BCUT2D eigenvalue weighted by atomic mass is 9.86. The molecule has 1 saturated carbocycles. The molecule has 2 rings (SSSR count). The van der Waals surface area contributed by atoms with Crippen LogP contribution in [0.4, 0.5) is 13.2 Å². The molecule has 11 heteroatoms. The average molecular weight is 507 g/mol. The molecule has 0 atom stereocenters. The summed E-state index contributed by atoms with van der Waals surface area (Å²) in [4.78, 5) is 3.39. The number of alkyl halides is 3. The van der Waals surface area contributed by atoms with Gasteiger partial charge in [-0.2, -0.15) is 13.2 Å². The molecule has 0 saturated heterocycles. The fourth-order valence-corrected chi connectivity index (χ4v) is 2.92. The van der Waals surface area contributed by atoms with Crippen molar-refractivity contribution < 1.29 is 26.3 Å². The van der Waals surface area contributed by atoms with Gasteiger partial charge in [-0.25, -0.2) is 8.42 Å². The monoisotopic (exact) mass is 507 g/mol. The Morgan fingerprint density at radius 1 is 1.27 bits per heavy atom. The van der Waals surface area contributed by atoms with Gasteiger partial charge in [-0.15, -0.1) is 24.0 Å². The summed E-state index contributed by atoms with van der Waals surface area (Å²) in [6, 6.07) is 4.07. The van der Waals surface area contributed by atoms with E-state index in [1.807, 2.05) is 0 Å². The maximum absolute atomic E-state index is 12.4. The van der Waals surface area contributed by atoms with Gasteiger partial charge in [0, 0.05) is 6.54 Å². The third-order valence-electron chi connectivity index (χ3n) is 3.86. The molecule has 1 fully saturated rings. The summed E-state index contributed by atoms with van der Waals surface area (Å²) in [6.45, 7) is 1.27. The normalized spacial score (nSPS) is 15.7. The van der Waals surface area contributed by atoms with Gasteiger partial charge in [-0.05, 0) is 43.0 Å². The molecule has 0 unspecified atom stereocenters. The van der Waals surface area contributed by atoms with E-state index in [9.17, 15) is 21.6 Å². The third kappa shape index (κ3) is 6.18. The van der Waals surface area contributed by atoms with Crippen molar-refractivity contribution in [1.29, 1.82) is 0 Å². The summed E-state index contributed by atoms with van der Waals surface area (Å²) in [5.74, 6) is 1.19. The van der Waals surface area contributed by atoms with Crippen LogP contribution in [0, 0.1) is 5.92 Å². The van der Waals surface area contributed by atoms with E-state index in [0.717, 1.165) is 12.1 Å². The number of nitrogens with one attached hydrogen (secondary N) is 1. The van der Waals surface area contributed by atoms with Gasteiger partial charge < -0.3 is 15.8 Å². The fourth-order valence-electron chi connectivity index (χ4n) is 2.16. The number of hydrogen-bond acceptors (Lipinski definition) is 4. The molecular weight excluding hydrogens is 486 g/mol. The van der Waals surface area contributed by atoms with E-state index in [-0.39, 0.29) is 36.3 Å². The van der Waals surface area contributed by atoms with Crippen LogP contribution in [0.1, 0.15) is 19.3 Å². The number of nitrogens with two attached hydrogens (primary N) is 1. The predicted molar refractivity (Wildman–Crippen MR) is 102 cm³/mol. The van der Waals surface area contributed by atoms with Crippen LogP contribution in [0.3, 0.4) is 0 Å². The van der Waals surface area contributed by atoms with Crippen LogP contribution in [0.15, 0.2) is 34.2 Å². The smallest absolute Gasteiger partial charge is 0.492 e. The highest BCUT2D eigenvalue weighted by Crippen LogP contribution is 2.31. The topological polar surface area (TPSA) is 93.8 Å². The highest BCUT2D eigenvalue weighted by atomic mass is 127. The molecule has 3 N–H and O–H groups in total. The zero-order chi connectivity index (χ0) is 18.5. The number of halogens is 4. The van der Waals surface area contributed by atoms with E-state index in [1.54, 1.807) is 0 Å². The van der Waals surface area contributed by atoms with Crippen LogP contribution in [0.5, 0.6) is 5.75 Å². The number of nitrogens with zero attached hydrogens (tertiary/aromatic N) is 1. The minimum Gasteiger partial charge on any atom is -0.492 e. The molecule has 0 spiro atoms. The number of rotatable bonds is 7. The first-order valence-corrected chi connectivity index (χ1v) is 9.26. The van der Waals surface area contributed by atoms with Crippen molar-refractivity contribution in [3.05, 3.63) is 24.3 Å². The van der Waals surface area contributed by atoms with Crippen LogP contribution in [-0.2, 0) is 9.84 Å². The first-order chi connectivity index (χ1) is 11.7. The molecule has 1 aromatic carbocycles. The molecule has 0 heterocycles. The Labute approximate surface area is 167 Å². The number of ether oxygens (including phenoxy) is 1. The molecule has 0 amide bonds. The molecule has 0 radical (unpaired) electrons. The second kappa shape index (κ2) is 9.62. The van der Waals surface area contributed by atoms with Crippen LogP contribution < -0.4 is 15.8 Å². The Bertz CT molecular complexity index is 705. The summed E-state index contributed by atoms with van der Waals surface area (Å²) in [7, 11) is -5.34. The Morgan fingerprint density at radius 3 is 2.38 bits per heavy atom. The number of sulfone groups is 1. The van der Waals surface area contributed by atoms with Gasteiger partial charge in [0.1, 0.15) is 12.4 Å². The predicted octanol–water partition coefficient (Wildman–Crippen LogP) is 2.68. The second-order valence-electron chi connectivity index (χ2n) is 5.72. The van der Waals surface area contributed by atoms with Gasteiger partial charge in [-0.1, -0.05) is 6.42 Å². The highest BCUT2D eigenvalue weighted by Gasteiger charge is 2.46. The molecular formula is C15H21F3IN3O3S. The standard InChI is InChI=1S/C15H20F3N3O3S.HI/c16-15(17,18)25(22,23)13-6-4-12(5-7-13)24-9-8-20-14(19)21-10-11-2-1-3-11;/h4-7,11H,1-3,8-10H2,(H3,19,20,21);1H. The first-order valence-electron chi connectivity index (χ1n) is 7.78. The first kappa shape index (κ1) is 22.8. The van der Waals surface area contributed by atoms with Crippen molar-refractivity contribution in [3.8, 4) is 5.75 Å². The lowest BCUT2D eigenvalue weighted by molar-refractivity contribution is -0.0436. The quantitative estimate of drug-likeness (QED) is 0.256. The zero-order valence-electron chi connectivity index (χ0n) is 13.8. The SMILES string of the molecule is I.NC(=NCC1CCC1)NCCOc1ccc(S(=O)(=O)C(F)(F)F)cc1. The lowest BCUT2D eigenvalue weighted by Gasteiger charge is -2.23. The van der Waals surface area contributed by atoms with E-state index in [4.69, 9.17) is 10.5 Å². The van der Waals surface area contributed by atoms with Gasteiger partial charge in [-0.3, -0.25) is 4.99 Å². The van der Waals surface area contributed by atoms with E-state index < -0.39 is 20.2 Å². The highest BCUT2D eigenvalue weighted by molar-refractivity contribution is 14.0. The van der Waals surface area contributed by atoms with Crippen molar-refractivity contribution in [2.45, 2.75) is 29.7 Å². The summed E-state index contributed by atoms with van der Waals surface area (Å²) in [6.07, 6.45) is 3.60. The molecule has 1 aliphatic carbocycles. The molecule has 0 bridgehead atoms. The van der Waals surface area contributed by atoms with Crippen molar-refractivity contribution in [3.63, 3.8) is 0 Å². The van der Waals surface area contributed by atoms with Gasteiger partial charge in [0.15, 0.2) is 5.96 Å². The van der Waals surface area contributed by atoms with Crippen molar-refractivity contribution >= 4 is 39.8 Å². The molecule has 1 aromatic rings. The maximum Gasteiger partial charge on any atom is 0.501 e. The van der Waals surface area contributed by atoms with Gasteiger partial charge in [0.05, 0.1) is 11.4 Å². The van der Waals surface area contributed by atoms with Gasteiger partial charge >= 0.3 is 5.51 Å². The molecule has 148 valence electrons. The molecule has 6 nitrogen and oxygen atoms in total. The Hall–Kier alpha value is -1.24. The number of hydrogen-bond donors (Lipinski definition) is 2. The molecule has 1 aliphatic rings. The Morgan fingerprint density at radius 2 is 1.88 bits per heavy atom. The summed E-state index contributed by atoms with van der Waals surface area (Å²) in [5.41, 5.74) is 0.375. The minimum absolute atomic E-state index is 0. The van der Waals surface area contributed by atoms with E-state index >= 15 is 0 Å². The lowest BCUT2D eigenvalue weighted by Crippen LogP contribution is -2.35. The Balaban J connectivity index is 0.00000338. The zero-order valence-corrected chi connectivity index (χ0v) is 17.0. The fraction of sp³-hybridized carbons (Fsp3) is 0.533. The van der Waals surface area contributed by atoms with E-state index in [0.29, 0.717) is 25.0 Å². The van der Waals surface area contributed by atoms with E-state index in [1.165, 1.54) is 31.4 Å². The maximum atomic E-state index is 12.4. The largest absolute Gasteiger partial charge is 0.501 e. The average Bonchev–Trinajstić information content (AvgIpc) is 2.49. The van der Waals surface area contributed by atoms with Gasteiger partial charge in [0.2, 0.25) is 0 Å². The van der Waals surface area contributed by atoms with Crippen LogP contribution >= 0.6 is 24.0 Å². The summed E-state index contributed by atoms with van der Waals surface area (Å²) >= 11 is 0. The van der Waals surface area contributed by atoms with Crippen LogP contribution in [0.2, 0.25) is 0 Å². The van der Waals surface area contributed by atoms with E-state index in [2.05, 4.69) is 10.3 Å². The molecule has 26 heavy (non-hydrogen) atoms. The Kier molecular flexibility index (Phi) is 8.44. The van der Waals surface area contributed by atoms with Crippen LogP contribution in [0.25, 0.3) is 0 Å². The van der Waals surface area contributed by atoms with Crippen molar-refractivity contribution in [2.75, 3.05) is 19.7 Å². The van der Waals surface area contributed by atoms with Crippen LogP contribution in [-0.4, -0.2) is 39.6 Å². The second-order valence-corrected chi connectivity index (χ2v) is 7.66. The van der Waals surface area contributed by atoms with Gasteiger partial charge in [0.25, 0.3) is 9.84 Å². The number of guanidine groups is 1. The third-order valence-corrected chi connectivity index (χ3v) is 5.36. The summed E-state index contributed by atoms with van der Waals surface area (Å²) in [5, 5.41) is 2.87. The molecule has 0 aromatic heterocycles. The summed E-state index contributed by atoms with van der Waals surface area (Å²) < 4.78 is 65.1.